The SMILES string of the molecule is C[C@@H]1COCCN1c1cc2c3c(n1)c(-c1cc[nH]n1)nn3CCNC2. The Balaban J connectivity index is 1.73. The van der Waals surface area contributed by atoms with Crippen molar-refractivity contribution in [3.63, 3.8) is 0 Å². The molecule has 3 aromatic rings. The van der Waals surface area contributed by atoms with Gasteiger partial charge >= 0.3 is 0 Å². The van der Waals surface area contributed by atoms with Crippen LogP contribution in [0.25, 0.3) is 22.4 Å². The minimum Gasteiger partial charge on any atom is -0.377 e. The first-order valence-electron chi connectivity index (χ1n) is 8.77. The molecule has 8 heteroatoms. The van der Waals surface area contributed by atoms with Gasteiger partial charge in [0.15, 0.2) is 0 Å². The van der Waals surface area contributed by atoms with Crippen molar-refractivity contribution in [2.75, 3.05) is 31.2 Å². The second kappa shape index (κ2) is 5.82. The molecule has 5 rings (SSSR count). The minimum absolute atomic E-state index is 0.313. The number of rotatable bonds is 2. The molecule has 1 fully saturated rings. The smallest absolute Gasteiger partial charge is 0.139 e. The molecule has 5 heterocycles. The van der Waals surface area contributed by atoms with Gasteiger partial charge < -0.3 is 15.0 Å². The molecule has 2 aliphatic heterocycles. The number of hydrogen-bond acceptors (Lipinski definition) is 6. The number of nitrogens with zero attached hydrogens (tertiary/aromatic N) is 5. The first-order valence-corrected chi connectivity index (χ1v) is 8.77. The molecule has 0 radical (unpaired) electrons. The quantitative estimate of drug-likeness (QED) is 0.729. The molecule has 1 saturated heterocycles. The van der Waals surface area contributed by atoms with E-state index in [9.17, 15) is 0 Å². The van der Waals surface area contributed by atoms with E-state index in [1.165, 1.54) is 5.56 Å². The normalized spacial score (nSPS) is 20.8. The highest BCUT2D eigenvalue weighted by Gasteiger charge is 2.25. The first kappa shape index (κ1) is 14.9. The number of H-pyrrole nitrogens is 1. The van der Waals surface area contributed by atoms with Crippen molar-refractivity contribution in [1.29, 1.82) is 0 Å². The van der Waals surface area contributed by atoms with Crippen molar-refractivity contribution >= 4 is 16.9 Å². The summed E-state index contributed by atoms with van der Waals surface area (Å²) in [6.45, 7) is 7.08. The number of hydrogen-bond donors (Lipinski definition) is 2. The molecule has 0 aromatic carbocycles. The molecule has 0 saturated carbocycles. The largest absolute Gasteiger partial charge is 0.377 e. The maximum Gasteiger partial charge on any atom is 0.139 e. The standard InChI is InChI=1S/C17H21N7O/c1-11-10-25-7-6-23(11)14-8-12-9-18-4-5-24-17(12)16(20-14)15(22-24)13-2-3-19-21-13/h2-3,8,11,18H,4-7,9-10H2,1H3,(H,19,21)/t11-/m1/s1. The van der Waals surface area contributed by atoms with Gasteiger partial charge in [-0.3, -0.25) is 9.78 Å². The van der Waals surface area contributed by atoms with Crippen LogP contribution < -0.4 is 10.2 Å². The summed E-state index contributed by atoms with van der Waals surface area (Å²) >= 11 is 0. The third-order valence-electron chi connectivity index (χ3n) is 4.98. The zero-order chi connectivity index (χ0) is 16.8. The van der Waals surface area contributed by atoms with Crippen molar-refractivity contribution < 1.29 is 4.74 Å². The highest BCUT2D eigenvalue weighted by molar-refractivity contribution is 5.92. The third-order valence-corrected chi connectivity index (χ3v) is 4.98. The van der Waals surface area contributed by atoms with Crippen LogP contribution >= 0.6 is 0 Å². The molecule has 0 spiro atoms. The average molecular weight is 339 g/mol. The fourth-order valence-corrected chi connectivity index (χ4v) is 3.73. The fourth-order valence-electron chi connectivity index (χ4n) is 3.73. The number of nitrogens with one attached hydrogen (secondary N) is 2. The lowest BCUT2D eigenvalue weighted by molar-refractivity contribution is 0.0985. The van der Waals surface area contributed by atoms with Crippen LogP contribution in [-0.4, -0.2) is 57.3 Å². The maximum atomic E-state index is 5.58. The summed E-state index contributed by atoms with van der Waals surface area (Å²) in [4.78, 5) is 7.34. The van der Waals surface area contributed by atoms with Crippen LogP contribution in [0.4, 0.5) is 5.82 Å². The zero-order valence-corrected chi connectivity index (χ0v) is 14.2. The van der Waals surface area contributed by atoms with Gasteiger partial charge in [0.2, 0.25) is 0 Å². The Labute approximate surface area is 145 Å². The average Bonchev–Trinajstić information content (AvgIpc) is 3.22. The van der Waals surface area contributed by atoms with Gasteiger partial charge in [-0.15, -0.1) is 0 Å². The van der Waals surface area contributed by atoms with Crippen LogP contribution in [0.2, 0.25) is 0 Å². The van der Waals surface area contributed by atoms with Gasteiger partial charge in [0.05, 0.1) is 31.3 Å². The van der Waals surface area contributed by atoms with Gasteiger partial charge in [-0.05, 0) is 24.6 Å². The molecule has 0 unspecified atom stereocenters. The van der Waals surface area contributed by atoms with E-state index in [-0.39, 0.29) is 0 Å². The lowest BCUT2D eigenvalue weighted by Gasteiger charge is -2.34. The number of anilines is 1. The van der Waals surface area contributed by atoms with Crippen molar-refractivity contribution in [1.82, 2.24) is 30.3 Å². The second-order valence-corrected chi connectivity index (χ2v) is 6.66. The minimum atomic E-state index is 0.313. The van der Waals surface area contributed by atoms with Crippen LogP contribution in [0.5, 0.6) is 0 Å². The molecule has 3 aromatic heterocycles. The maximum absolute atomic E-state index is 5.58. The predicted molar refractivity (Wildman–Crippen MR) is 94.4 cm³/mol. The Kier molecular flexibility index (Phi) is 3.46. The van der Waals surface area contributed by atoms with E-state index in [1.807, 2.05) is 12.3 Å². The van der Waals surface area contributed by atoms with Gasteiger partial charge in [-0.2, -0.15) is 10.2 Å². The number of ether oxygens (including phenoxy) is 1. The van der Waals surface area contributed by atoms with E-state index in [2.05, 4.69) is 38.1 Å². The van der Waals surface area contributed by atoms with Crippen LogP contribution in [0.1, 0.15) is 12.5 Å². The monoisotopic (exact) mass is 339 g/mol. The predicted octanol–water partition coefficient (Wildman–Crippen LogP) is 1.15. The lowest BCUT2D eigenvalue weighted by Crippen LogP contribution is -2.44. The van der Waals surface area contributed by atoms with E-state index >= 15 is 0 Å². The van der Waals surface area contributed by atoms with Crippen molar-refractivity contribution in [2.24, 2.45) is 0 Å². The fraction of sp³-hybridized carbons (Fsp3) is 0.471. The molecular weight excluding hydrogens is 318 g/mol. The van der Waals surface area contributed by atoms with Crippen molar-refractivity contribution in [3.8, 4) is 11.4 Å². The summed E-state index contributed by atoms with van der Waals surface area (Å²) in [6, 6.07) is 4.46. The van der Waals surface area contributed by atoms with Gasteiger partial charge in [0.25, 0.3) is 0 Å². The van der Waals surface area contributed by atoms with Crippen LogP contribution in [-0.2, 0) is 17.8 Å². The summed E-state index contributed by atoms with van der Waals surface area (Å²) in [5.41, 5.74) is 4.98. The van der Waals surface area contributed by atoms with E-state index < -0.39 is 0 Å². The highest BCUT2D eigenvalue weighted by atomic mass is 16.5. The Morgan fingerprint density at radius 2 is 2.28 bits per heavy atom. The molecule has 130 valence electrons. The molecule has 0 aliphatic carbocycles. The molecule has 2 N–H and O–H groups in total. The third kappa shape index (κ3) is 2.40. The molecule has 0 amide bonds. The highest BCUT2D eigenvalue weighted by Crippen LogP contribution is 2.32. The van der Waals surface area contributed by atoms with Gasteiger partial charge in [0, 0.05) is 25.8 Å². The van der Waals surface area contributed by atoms with Crippen LogP contribution in [0, 0.1) is 0 Å². The molecule has 25 heavy (non-hydrogen) atoms. The first-order chi connectivity index (χ1) is 12.3. The Morgan fingerprint density at radius 1 is 1.32 bits per heavy atom. The lowest BCUT2D eigenvalue weighted by atomic mass is 10.1. The van der Waals surface area contributed by atoms with Gasteiger partial charge in [0.1, 0.15) is 22.7 Å². The second-order valence-electron chi connectivity index (χ2n) is 6.66. The van der Waals surface area contributed by atoms with Gasteiger partial charge in [-0.1, -0.05) is 0 Å². The Bertz CT molecular complexity index is 902. The molecule has 1 atom stereocenters. The van der Waals surface area contributed by atoms with Gasteiger partial charge in [-0.25, -0.2) is 4.98 Å². The summed E-state index contributed by atoms with van der Waals surface area (Å²) in [7, 11) is 0. The Hall–Kier alpha value is -2.45. The van der Waals surface area contributed by atoms with E-state index in [0.29, 0.717) is 6.04 Å². The summed E-state index contributed by atoms with van der Waals surface area (Å²) in [5, 5.41) is 15.5. The van der Waals surface area contributed by atoms with Crippen molar-refractivity contribution in [3.05, 3.63) is 23.9 Å². The summed E-state index contributed by atoms with van der Waals surface area (Å²) in [6.07, 6.45) is 1.82. The molecule has 0 bridgehead atoms. The van der Waals surface area contributed by atoms with E-state index in [1.54, 1.807) is 0 Å². The van der Waals surface area contributed by atoms with E-state index in [0.717, 1.165) is 67.6 Å². The number of morpholine rings is 1. The zero-order valence-electron chi connectivity index (χ0n) is 14.2. The van der Waals surface area contributed by atoms with Crippen molar-refractivity contribution in [2.45, 2.75) is 26.1 Å². The number of aromatic nitrogens is 5. The van der Waals surface area contributed by atoms with Crippen LogP contribution in [0.15, 0.2) is 18.3 Å². The van der Waals surface area contributed by atoms with E-state index in [4.69, 9.17) is 14.8 Å². The number of pyridine rings is 1. The molecule has 2 aliphatic rings. The summed E-state index contributed by atoms with van der Waals surface area (Å²) < 4.78 is 7.65. The number of aromatic amines is 1. The van der Waals surface area contributed by atoms with Crippen LogP contribution in [0.3, 0.4) is 0 Å². The Morgan fingerprint density at radius 3 is 3.12 bits per heavy atom. The summed E-state index contributed by atoms with van der Waals surface area (Å²) in [5.74, 6) is 0.998. The molecule has 8 nitrogen and oxygen atoms in total. The molecular formula is C17H21N7O. The topological polar surface area (TPSA) is 83.9 Å².